The Morgan fingerprint density at radius 3 is 2.45 bits per heavy atom. The summed E-state index contributed by atoms with van der Waals surface area (Å²) in [6.45, 7) is 2.10. The molecule has 142 valence electrons. The Labute approximate surface area is 177 Å². The van der Waals surface area contributed by atoms with Gasteiger partial charge in [-0.1, -0.05) is 78.0 Å². The van der Waals surface area contributed by atoms with Crippen LogP contribution in [-0.2, 0) is 5.75 Å². The number of hydrogen-bond donors (Lipinski definition) is 0. The van der Waals surface area contributed by atoms with Crippen LogP contribution in [0, 0.1) is 6.92 Å². The normalized spacial score (nSPS) is 11.2. The van der Waals surface area contributed by atoms with Gasteiger partial charge >= 0.3 is 0 Å². The molecule has 5 rings (SSSR count). The first-order valence-corrected chi connectivity index (χ1v) is 11.2. The van der Waals surface area contributed by atoms with E-state index in [-0.39, 0.29) is 0 Å². The third kappa shape index (κ3) is 3.84. The van der Waals surface area contributed by atoms with E-state index in [1.165, 1.54) is 15.8 Å². The molecule has 0 atom stereocenters. The Hall–Kier alpha value is -2.89. The molecule has 0 spiro atoms. The SMILES string of the molecule is Cc1ccc(CSc2nc(Oc3ccccc3)c3sc4ccccc4c3n2)cc1. The van der Waals surface area contributed by atoms with Gasteiger partial charge in [0.15, 0.2) is 5.16 Å². The molecule has 0 aliphatic rings. The van der Waals surface area contributed by atoms with Gasteiger partial charge in [0.1, 0.15) is 10.4 Å². The van der Waals surface area contributed by atoms with Gasteiger partial charge in [-0.3, -0.25) is 0 Å². The van der Waals surface area contributed by atoms with Crippen molar-refractivity contribution in [3.8, 4) is 11.6 Å². The van der Waals surface area contributed by atoms with E-state index < -0.39 is 0 Å². The van der Waals surface area contributed by atoms with Crippen molar-refractivity contribution >= 4 is 43.4 Å². The molecule has 0 bridgehead atoms. The molecule has 3 aromatic carbocycles. The van der Waals surface area contributed by atoms with E-state index in [1.54, 1.807) is 23.1 Å². The first kappa shape index (κ1) is 18.2. The van der Waals surface area contributed by atoms with Gasteiger partial charge in [0.2, 0.25) is 5.88 Å². The van der Waals surface area contributed by atoms with Crippen molar-refractivity contribution in [3.05, 3.63) is 90.0 Å². The summed E-state index contributed by atoms with van der Waals surface area (Å²) in [5, 5.41) is 1.87. The topological polar surface area (TPSA) is 35.0 Å². The molecule has 29 heavy (non-hydrogen) atoms. The van der Waals surface area contributed by atoms with Gasteiger partial charge in [-0.05, 0) is 30.7 Å². The van der Waals surface area contributed by atoms with Gasteiger partial charge in [0, 0.05) is 15.8 Å². The number of benzene rings is 3. The summed E-state index contributed by atoms with van der Waals surface area (Å²) in [5.41, 5.74) is 3.47. The highest BCUT2D eigenvalue weighted by Gasteiger charge is 2.16. The molecule has 0 fully saturated rings. The van der Waals surface area contributed by atoms with Gasteiger partial charge in [-0.25, -0.2) is 4.98 Å². The molecular formula is C24H18N2OS2. The number of thioether (sulfide) groups is 1. The zero-order valence-electron chi connectivity index (χ0n) is 15.8. The standard InChI is InChI=1S/C24H18N2OS2/c1-16-11-13-17(14-12-16)15-28-24-25-21-19-9-5-6-10-20(19)29-22(21)23(26-24)27-18-7-3-2-4-8-18/h2-14H,15H2,1H3. The molecule has 0 saturated carbocycles. The molecule has 0 aliphatic heterocycles. The summed E-state index contributed by atoms with van der Waals surface area (Å²) in [5.74, 6) is 2.21. The number of aryl methyl sites for hydroxylation is 1. The minimum absolute atomic E-state index is 0.619. The second kappa shape index (κ2) is 7.85. The van der Waals surface area contributed by atoms with Crippen LogP contribution in [0.5, 0.6) is 11.6 Å². The van der Waals surface area contributed by atoms with Crippen LogP contribution in [0.2, 0.25) is 0 Å². The predicted octanol–water partition coefficient (Wildman–Crippen LogP) is 7.24. The van der Waals surface area contributed by atoms with Gasteiger partial charge in [-0.2, -0.15) is 4.98 Å². The molecule has 0 amide bonds. The summed E-state index contributed by atoms with van der Waals surface area (Å²) in [6.07, 6.45) is 0. The number of para-hydroxylation sites is 1. The van der Waals surface area contributed by atoms with Crippen LogP contribution < -0.4 is 4.74 Å². The molecule has 2 aromatic heterocycles. The maximum Gasteiger partial charge on any atom is 0.241 e. The first-order chi connectivity index (χ1) is 14.3. The van der Waals surface area contributed by atoms with Crippen molar-refractivity contribution < 1.29 is 4.74 Å². The van der Waals surface area contributed by atoms with Crippen LogP contribution in [-0.4, -0.2) is 9.97 Å². The van der Waals surface area contributed by atoms with Crippen LogP contribution in [0.1, 0.15) is 11.1 Å². The van der Waals surface area contributed by atoms with Crippen molar-refractivity contribution in [2.45, 2.75) is 17.8 Å². The second-order valence-corrected chi connectivity index (χ2v) is 8.77. The van der Waals surface area contributed by atoms with Gasteiger partial charge in [0.05, 0.1) is 5.52 Å². The van der Waals surface area contributed by atoms with Crippen LogP contribution in [0.4, 0.5) is 0 Å². The van der Waals surface area contributed by atoms with Gasteiger partial charge in [0.25, 0.3) is 0 Å². The first-order valence-electron chi connectivity index (χ1n) is 9.37. The van der Waals surface area contributed by atoms with Crippen molar-refractivity contribution in [3.63, 3.8) is 0 Å². The maximum absolute atomic E-state index is 6.18. The number of fused-ring (bicyclic) bond motifs is 3. The highest BCUT2D eigenvalue weighted by Crippen LogP contribution is 2.40. The number of nitrogens with zero attached hydrogens (tertiary/aromatic N) is 2. The summed E-state index contributed by atoms with van der Waals surface area (Å²) in [4.78, 5) is 9.64. The highest BCUT2D eigenvalue weighted by molar-refractivity contribution is 7.98. The Balaban J connectivity index is 1.56. The number of aromatic nitrogens is 2. The van der Waals surface area contributed by atoms with E-state index in [9.17, 15) is 0 Å². The van der Waals surface area contributed by atoms with Crippen LogP contribution in [0.25, 0.3) is 20.3 Å². The molecule has 0 N–H and O–H groups in total. The van der Waals surface area contributed by atoms with E-state index in [1.807, 2.05) is 36.4 Å². The minimum Gasteiger partial charge on any atom is -0.437 e. The van der Waals surface area contributed by atoms with E-state index in [0.717, 1.165) is 32.3 Å². The Morgan fingerprint density at radius 1 is 0.862 bits per heavy atom. The third-order valence-electron chi connectivity index (χ3n) is 4.61. The van der Waals surface area contributed by atoms with Crippen LogP contribution in [0.15, 0.2) is 84.0 Å². The zero-order chi connectivity index (χ0) is 19.6. The summed E-state index contributed by atoms with van der Waals surface area (Å²) in [7, 11) is 0. The van der Waals surface area contributed by atoms with Crippen molar-refractivity contribution in [1.82, 2.24) is 9.97 Å². The Kier molecular flexibility index (Phi) is 4.92. The fourth-order valence-corrected chi connectivity index (χ4v) is 4.97. The van der Waals surface area contributed by atoms with Crippen molar-refractivity contribution in [2.24, 2.45) is 0 Å². The van der Waals surface area contributed by atoms with Gasteiger partial charge < -0.3 is 4.74 Å². The summed E-state index contributed by atoms with van der Waals surface area (Å²) in [6, 6.07) is 26.7. The van der Waals surface area contributed by atoms with Crippen LogP contribution in [0.3, 0.4) is 0 Å². The highest BCUT2D eigenvalue weighted by atomic mass is 32.2. The lowest BCUT2D eigenvalue weighted by Crippen LogP contribution is -1.94. The smallest absolute Gasteiger partial charge is 0.241 e. The van der Waals surface area contributed by atoms with E-state index in [2.05, 4.69) is 49.4 Å². The molecule has 0 saturated heterocycles. The minimum atomic E-state index is 0.619. The zero-order valence-corrected chi connectivity index (χ0v) is 17.5. The molecule has 0 radical (unpaired) electrons. The van der Waals surface area contributed by atoms with Crippen molar-refractivity contribution in [1.29, 1.82) is 0 Å². The van der Waals surface area contributed by atoms with Crippen LogP contribution >= 0.6 is 23.1 Å². The lowest BCUT2D eigenvalue weighted by Gasteiger charge is -2.08. The molecule has 5 heteroatoms. The average molecular weight is 415 g/mol. The summed E-state index contributed by atoms with van der Waals surface area (Å²) < 4.78 is 8.35. The number of hydrogen-bond acceptors (Lipinski definition) is 5. The van der Waals surface area contributed by atoms with E-state index in [4.69, 9.17) is 14.7 Å². The second-order valence-electron chi connectivity index (χ2n) is 6.78. The van der Waals surface area contributed by atoms with Crippen molar-refractivity contribution in [2.75, 3.05) is 0 Å². The maximum atomic E-state index is 6.18. The summed E-state index contributed by atoms with van der Waals surface area (Å²) >= 11 is 3.31. The third-order valence-corrected chi connectivity index (χ3v) is 6.68. The molecule has 5 aromatic rings. The molecule has 0 aliphatic carbocycles. The number of ether oxygens (including phenoxy) is 1. The average Bonchev–Trinajstić information content (AvgIpc) is 3.13. The quantitative estimate of drug-likeness (QED) is 0.224. The Bertz CT molecular complexity index is 1280. The molecule has 2 heterocycles. The largest absolute Gasteiger partial charge is 0.437 e. The fraction of sp³-hybridized carbons (Fsp3) is 0.0833. The Morgan fingerprint density at radius 2 is 1.62 bits per heavy atom. The monoisotopic (exact) mass is 414 g/mol. The van der Waals surface area contributed by atoms with Gasteiger partial charge in [-0.15, -0.1) is 11.3 Å². The van der Waals surface area contributed by atoms with E-state index >= 15 is 0 Å². The molecule has 3 nitrogen and oxygen atoms in total. The lowest BCUT2D eigenvalue weighted by molar-refractivity contribution is 0.464. The lowest BCUT2D eigenvalue weighted by atomic mass is 10.2. The fourth-order valence-electron chi connectivity index (χ4n) is 3.11. The number of thiophene rings is 1. The molecular weight excluding hydrogens is 396 g/mol. The number of rotatable bonds is 5. The predicted molar refractivity (Wildman–Crippen MR) is 122 cm³/mol. The van der Waals surface area contributed by atoms with E-state index in [0.29, 0.717) is 5.88 Å². The molecule has 0 unspecified atom stereocenters.